The molecule has 8 aromatic rings. The van der Waals surface area contributed by atoms with Crippen LogP contribution in [0.3, 0.4) is 0 Å². The lowest BCUT2D eigenvalue weighted by Gasteiger charge is -2.30. The number of hydrogen-bond acceptors (Lipinski definition) is 8. The van der Waals surface area contributed by atoms with Crippen molar-refractivity contribution in [3.05, 3.63) is 179 Å². The van der Waals surface area contributed by atoms with Crippen molar-refractivity contribution in [2.75, 3.05) is 74.1 Å². The number of aromatic nitrogens is 2. The molecule has 68 heavy (non-hydrogen) atoms. The Morgan fingerprint density at radius 1 is 0.456 bits per heavy atom. The van der Waals surface area contributed by atoms with Gasteiger partial charge in [0, 0.05) is 58.9 Å². The summed E-state index contributed by atoms with van der Waals surface area (Å²) >= 11 is 3.65. The first-order chi connectivity index (χ1) is 33.4. The third-order valence-electron chi connectivity index (χ3n) is 12.6. The molecule has 0 aliphatic carbocycles. The fraction of sp³-hybridized carbons (Fsp3) is 0.207. The summed E-state index contributed by atoms with van der Waals surface area (Å²) in [5, 5.41) is 4.72. The number of ether oxygens (including phenoxy) is 2. The fourth-order valence-corrected chi connectivity index (χ4v) is 11.5. The van der Waals surface area contributed by atoms with E-state index in [1.807, 2.05) is 51.2 Å². The van der Waals surface area contributed by atoms with E-state index in [0.717, 1.165) is 82.5 Å². The number of anilines is 4. The summed E-state index contributed by atoms with van der Waals surface area (Å²) in [6, 6.07) is 56.5. The van der Waals surface area contributed by atoms with Crippen LogP contribution in [0.1, 0.15) is 38.8 Å². The molecular weight excluding hydrogens is 877 g/mol. The maximum atomic E-state index is 5.88. The molecule has 8 nitrogen and oxygen atoms in total. The summed E-state index contributed by atoms with van der Waals surface area (Å²) in [6.07, 6.45) is 4.71. The predicted octanol–water partition coefficient (Wildman–Crippen LogP) is 13.0. The minimum atomic E-state index is 0.813. The highest BCUT2D eigenvalue weighted by molar-refractivity contribution is 8.04. The zero-order chi connectivity index (χ0) is 47.3. The van der Waals surface area contributed by atoms with Crippen LogP contribution in [0.25, 0.3) is 45.3 Å². The second-order valence-corrected chi connectivity index (χ2v) is 18.3. The minimum absolute atomic E-state index is 0.813. The van der Waals surface area contributed by atoms with Gasteiger partial charge in [-0.05, 0) is 96.1 Å². The molecule has 1 saturated heterocycles. The zero-order valence-corrected chi connectivity index (χ0v) is 41.9. The van der Waals surface area contributed by atoms with E-state index in [4.69, 9.17) is 9.47 Å². The number of benzene rings is 6. The lowest BCUT2D eigenvalue weighted by Crippen LogP contribution is -2.53. The van der Waals surface area contributed by atoms with Crippen LogP contribution in [-0.4, -0.2) is 54.5 Å². The number of pyridine rings is 2. The Morgan fingerprint density at radius 3 is 1.19 bits per heavy atom. The quantitative estimate of drug-likeness (QED) is 0.140. The molecule has 1 fully saturated rings. The van der Waals surface area contributed by atoms with Crippen molar-refractivity contribution in [1.29, 1.82) is 0 Å². The van der Waals surface area contributed by atoms with Gasteiger partial charge >= 0.3 is 0 Å². The summed E-state index contributed by atoms with van der Waals surface area (Å²) < 4.78 is 16.6. The molecule has 2 aromatic heterocycles. The summed E-state index contributed by atoms with van der Waals surface area (Å²) in [4.78, 5) is 12.3. The van der Waals surface area contributed by atoms with Crippen LogP contribution in [0.4, 0.5) is 23.0 Å². The van der Waals surface area contributed by atoms with Gasteiger partial charge in [0.2, 0.25) is 0 Å². The SMILES string of the molecule is CC.CC.COc1ccc2c(/C=C3/Sc4ccccc4N3C)cc(N3CCN(c4cc(/C=C5/Sc6ccccc6N5C)c5ccc(OC)cc5[n+]4-c4ccccc4)CC3)[n+](-c3ccccc3)c2c1. The predicted molar refractivity (Wildman–Crippen MR) is 289 cm³/mol. The van der Waals surface area contributed by atoms with E-state index in [1.54, 1.807) is 14.2 Å². The summed E-state index contributed by atoms with van der Waals surface area (Å²) in [5.41, 5.74) is 9.22. The molecule has 0 spiro atoms. The maximum Gasteiger partial charge on any atom is 0.283 e. The van der Waals surface area contributed by atoms with Crippen molar-refractivity contribution in [1.82, 2.24) is 0 Å². The molecule has 10 heteroatoms. The van der Waals surface area contributed by atoms with Gasteiger partial charge in [-0.15, -0.1) is 0 Å². The first-order valence-corrected chi connectivity index (χ1v) is 25.3. The van der Waals surface area contributed by atoms with Crippen molar-refractivity contribution in [3.63, 3.8) is 0 Å². The van der Waals surface area contributed by atoms with Crippen molar-refractivity contribution >= 4 is 80.5 Å². The Labute approximate surface area is 410 Å². The molecular formula is C58H60N6O2S2+2. The van der Waals surface area contributed by atoms with E-state index in [0.29, 0.717) is 0 Å². The Hall–Kier alpha value is -6.88. The molecule has 3 aliphatic heterocycles. The molecule has 11 rings (SSSR count). The highest BCUT2D eigenvalue weighted by atomic mass is 32.2. The number of nitrogens with zero attached hydrogens (tertiary/aromatic N) is 6. The van der Waals surface area contributed by atoms with Crippen molar-refractivity contribution in [2.45, 2.75) is 37.5 Å². The summed E-state index contributed by atoms with van der Waals surface area (Å²) in [7, 11) is 7.83. The molecule has 3 aliphatic rings. The summed E-state index contributed by atoms with van der Waals surface area (Å²) in [6.45, 7) is 11.3. The molecule has 0 radical (unpaired) electrons. The van der Waals surface area contributed by atoms with E-state index >= 15 is 0 Å². The molecule has 0 N–H and O–H groups in total. The standard InChI is InChI=1S/C54H48N6O2S2.2C2H6/c1-55-45-19-11-13-21-49(45)63-53(55)33-37-31-51(59(39-15-7-5-8-16-39)47-35-41(61-3)23-25-43(37)47)57-27-29-58(30-28-57)52-32-38(34-54-56(2)46-20-12-14-22-50(46)64-54)44-26-24-42(62-4)36-48(44)60(52)40-17-9-6-10-18-40;2*1-2/h5-26,31-36H,27-30H2,1-4H3;2*1-2H3/q+2;;. The van der Waals surface area contributed by atoms with Gasteiger partial charge in [0.15, 0.2) is 0 Å². The van der Waals surface area contributed by atoms with E-state index in [1.165, 1.54) is 42.4 Å². The first-order valence-electron chi connectivity index (χ1n) is 23.6. The van der Waals surface area contributed by atoms with Gasteiger partial charge in [-0.25, -0.2) is 0 Å². The summed E-state index contributed by atoms with van der Waals surface area (Å²) in [5.74, 6) is 3.94. The van der Waals surface area contributed by atoms with Crippen molar-refractivity contribution in [2.24, 2.45) is 0 Å². The lowest BCUT2D eigenvalue weighted by atomic mass is 10.1. The van der Waals surface area contributed by atoms with Crippen LogP contribution < -0.4 is 38.2 Å². The Morgan fingerprint density at radius 2 is 0.824 bits per heavy atom. The van der Waals surface area contributed by atoms with E-state index in [-0.39, 0.29) is 0 Å². The van der Waals surface area contributed by atoms with Crippen molar-refractivity contribution in [3.8, 4) is 22.9 Å². The highest BCUT2D eigenvalue weighted by Crippen LogP contribution is 2.47. The second-order valence-electron chi connectivity index (χ2n) is 16.2. The number of piperazine rings is 1. The smallest absolute Gasteiger partial charge is 0.283 e. The third kappa shape index (κ3) is 8.74. The molecule has 344 valence electrons. The van der Waals surface area contributed by atoms with Gasteiger partial charge in [-0.1, -0.05) is 112 Å². The number of hydrogen-bond donors (Lipinski definition) is 0. The lowest BCUT2D eigenvalue weighted by molar-refractivity contribution is -0.555. The van der Waals surface area contributed by atoms with Gasteiger partial charge in [-0.3, -0.25) is 9.80 Å². The van der Waals surface area contributed by atoms with Crippen LogP contribution in [0.15, 0.2) is 178 Å². The number of methoxy groups -OCH3 is 2. The Balaban J connectivity index is 0.00000141. The Bertz CT molecular complexity index is 2940. The first kappa shape index (κ1) is 46.2. The highest BCUT2D eigenvalue weighted by Gasteiger charge is 2.35. The number of rotatable bonds is 8. The average Bonchev–Trinajstić information content (AvgIpc) is 3.90. The monoisotopic (exact) mass is 936 g/mol. The average molecular weight is 937 g/mol. The molecule has 6 aromatic carbocycles. The number of thioether (sulfide) groups is 2. The zero-order valence-electron chi connectivity index (χ0n) is 40.3. The molecule has 0 saturated carbocycles. The molecule has 0 bridgehead atoms. The van der Waals surface area contributed by atoms with Crippen LogP contribution >= 0.6 is 23.5 Å². The fourth-order valence-electron chi connectivity index (χ4n) is 9.27. The van der Waals surface area contributed by atoms with Crippen LogP contribution in [0, 0.1) is 0 Å². The number of para-hydroxylation sites is 4. The topological polar surface area (TPSA) is 39.2 Å². The molecule has 0 atom stereocenters. The molecule has 0 unspecified atom stereocenters. The largest absolute Gasteiger partial charge is 0.497 e. The maximum absolute atomic E-state index is 5.88. The minimum Gasteiger partial charge on any atom is -0.497 e. The molecule has 5 heterocycles. The van der Waals surface area contributed by atoms with Gasteiger partial charge in [0.05, 0.1) is 35.7 Å². The van der Waals surface area contributed by atoms with Crippen LogP contribution in [0.5, 0.6) is 11.5 Å². The van der Waals surface area contributed by atoms with E-state index in [2.05, 4.69) is 213 Å². The second kappa shape index (κ2) is 20.6. The third-order valence-corrected chi connectivity index (χ3v) is 14.9. The van der Waals surface area contributed by atoms with Gasteiger partial charge in [-0.2, -0.15) is 9.13 Å². The Kier molecular flexibility index (Phi) is 14.0. The van der Waals surface area contributed by atoms with Crippen molar-refractivity contribution < 1.29 is 18.6 Å². The van der Waals surface area contributed by atoms with Gasteiger partial charge in [0.25, 0.3) is 11.6 Å². The molecule has 0 amide bonds. The van der Waals surface area contributed by atoms with Crippen LogP contribution in [-0.2, 0) is 0 Å². The van der Waals surface area contributed by atoms with E-state index in [9.17, 15) is 0 Å². The number of fused-ring (bicyclic) bond motifs is 4. The van der Waals surface area contributed by atoms with Gasteiger partial charge in [0.1, 0.15) is 60.1 Å². The van der Waals surface area contributed by atoms with E-state index < -0.39 is 0 Å². The van der Waals surface area contributed by atoms with Gasteiger partial charge < -0.3 is 19.3 Å². The van der Waals surface area contributed by atoms with Crippen LogP contribution in [0.2, 0.25) is 0 Å². The normalized spacial score (nSPS) is 15.2.